The Kier molecular flexibility index (Phi) is 6.26. The van der Waals surface area contributed by atoms with E-state index in [1.54, 1.807) is 0 Å². The number of hydrogen-bond acceptors (Lipinski definition) is 3. The van der Waals surface area contributed by atoms with Gasteiger partial charge >= 0.3 is 6.09 Å². The number of unbranched alkanes of at least 4 members (excludes halogenated alkanes) is 1. The molecule has 16 heavy (non-hydrogen) atoms. The number of rotatable bonds is 7. The standard InChI is InChI=1S/C11H18ClNO3/c1-2-3-4-5-6-15-7-9(12)10-8-16-11(14)13-10/h4-5,9-10H,2-3,6-8H2,1H3,(H,13,14)/b5-4+/t9?,10-/m1/s1. The predicted octanol–water partition coefficient (Wildman–Crippen LogP) is 2.08. The Labute approximate surface area is 101 Å². The summed E-state index contributed by atoms with van der Waals surface area (Å²) in [6, 6.07) is -0.145. The Morgan fingerprint density at radius 1 is 1.69 bits per heavy atom. The topological polar surface area (TPSA) is 47.6 Å². The number of cyclic esters (lactones) is 1. The molecule has 0 saturated carbocycles. The van der Waals surface area contributed by atoms with Gasteiger partial charge in [-0.2, -0.15) is 0 Å². The summed E-state index contributed by atoms with van der Waals surface area (Å²) in [7, 11) is 0. The summed E-state index contributed by atoms with van der Waals surface area (Å²) < 4.78 is 10.1. The van der Waals surface area contributed by atoms with Gasteiger partial charge in [-0.05, 0) is 6.42 Å². The lowest BCUT2D eigenvalue weighted by molar-refractivity contribution is 0.150. The molecule has 4 nitrogen and oxygen atoms in total. The first-order chi connectivity index (χ1) is 7.74. The van der Waals surface area contributed by atoms with Gasteiger partial charge in [0.15, 0.2) is 0 Å². The van der Waals surface area contributed by atoms with Crippen molar-refractivity contribution in [2.75, 3.05) is 19.8 Å². The number of carbonyl (C=O) groups is 1. The molecule has 92 valence electrons. The fraction of sp³-hybridized carbons (Fsp3) is 0.727. The molecule has 1 N–H and O–H groups in total. The van der Waals surface area contributed by atoms with Crippen LogP contribution >= 0.6 is 11.6 Å². The van der Waals surface area contributed by atoms with E-state index in [2.05, 4.69) is 18.3 Å². The number of hydrogen-bond donors (Lipinski definition) is 1. The van der Waals surface area contributed by atoms with Gasteiger partial charge in [0.25, 0.3) is 0 Å². The predicted molar refractivity (Wildman–Crippen MR) is 62.8 cm³/mol. The van der Waals surface area contributed by atoms with Crippen LogP contribution in [-0.2, 0) is 9.47 Å². The maximum Gasteiger partial charge on any atom is 0.407 e. The van der Waals surface area contributed by atoms with Crippen LogP contribution in [0.3, 0.4) is 0 Å². The molecule has 0 aliphatic carbocycles. The summed E-state index contributed by atoms with van der Waals surface area (Å²) >= 11 is 6.05. The Balaban J connectivity index is 2.06. The van der Waals surface area contributed by atoms with Crippen LogP contribution in [0.1, 0.15) is 19.8 Å². The Morgan fingerprint density at radius 2 is 2.50 bits per heavy atom. The first kappa shape index (κ1) is 13.3. The van der Waals surface area contributed by atoms with Crippen molar-refractivity contribution in [2.24, 2.45) is 0 Å². The molecular formula is C11H18ClNO3. The maximum absolute atomic E-state index is 10.8. The van der Waals surface area contributed by atoms with Crippen molar-refractivity contribution >= 4 is 17.7 Å². The molecule has 0 spiro atoms. The van der Waals surface area contributed by atoms with E-state index in [0.29, 0.717) is 19.8 Å². The Morgan fingerprint density at radius 3 is 3.12 bits per heavy atom. The third-order valence-corrected chi connectivity index (χ3v) is 2.68. The average Bonchev–Trinajstić information content (AvgIpc) is 2.70. The highest BCUT2D eigenvalue weighted by molar-refractivity contribution is 6.21. The van der Waals surface area contributed by atoms with Crippen LogP contribution in [0.4, 0.5) is 4.79 Å². The average molecular weight is 248 g/mol. The van der Waals surface area contributed by atoms with Gasteiger partial charge in [-0.3, -0.25) is 0 Å². The van der Waals surface area contributed by atoms with Crippen LogP contribution in [0, 0.1) is 0 Å². The van der Waals surface area contributed by atoms with Crippen LogP contribution in [-0.4, -0.2) is 37.3 Å². The quantitative estimate of drug-likeness (QED) is 0.426. The Hall–Kier alpha value is -0.740. The van der Waals surface area contributed by atoms with Crippen LogP contribution in [0.2, 0.25) is 0 Å². The summed E-state index contributed by atoms with van der Waals surface area (Å²) in [6.45, 7) is 3.42. The molecule has 2 atom stereocenters. The molecule has 1 aliphatic rings. The fourth-order valence-corrected chi connectivity index (χ4v) is 1.54. The minimum Gasteiger partial charge on any atom is -0.447 e. The van der Waals surface area contributed by atoms with Crippen molar-refractivity contribution in [1.29, 1.82) is 0 Å². The highest BCUT2D eigenvalue weighted by Crippen LogP contribution is 2.09. The number of allylic oxidation sites excluding steroid dienone is 1. The van der Waals surface area contributed by atoms with Crippen molar-refractivity contribution in [3.8, 4) is 0 Å². The van der Waals surface area contributed by atoms with Crippen LogP contribution in [0.5, 0.6) is 0 Å². The van der Waals surface area contributed by atoms with Gasteiger partial charge in [-0.1, -0.05) is 25.5 Å². The van der Waals surface area contributed by atoms with Gasteiger partial charge in [-0.15, -0.1) is 11.6 Å². The lowest BCUT2D eigenvalue weighted by atomic mass is 10.2. The minimum atomic E-state index is -0.404. The van der Waals surface area contributed by atoms with Crippen molar-refractivity contribution in [1.82, 2.24) is 5.32 Å². The SMILES string of the molecule is CCC/C=C/COCC(Cl)[C@H]1COC(=O)N1. The highest BCUT2D eigenvalue weighted by atomic mass is 35.5. The molecule has 1 aliphatic heterocycles. The third-order valence-electron chi connectivity index (χ3n) is 2.25. The first-order valence-electron chi connectivity index (χ1n) is 5.54. The van der Waals surface area contributed by atoms with Gasteiger partial charge in [0, 0.05) is 0 Å². The molecule has 0 aromatic heterocycles. The van der Waals surface area contributed by atoms with Gasteiger partial charge in [-0.25, -0.2) is 4.79 Å². The molecule has 1 amide bonds. The largest absolute Gasteiger partial charge is 0.447 e. The van der Waals surface area contributed by atoms with E-state index in [1.165, 1.54) is 0 Å². The lowest BCUT2D eigenvalue weighted by Gasteiger charge is -2.14. The summed E-state index contributed by atoms with van der Waals surface area (Å²) in [6.07, 6.45) is 5.87. The van der Waals surface area contributed by atoms with E-state index in [4.69, 9.17) is 21.1 Å². The van der Waals surface area contributed by atoms with Crippen LogP contribution < -0.4 is 5.32 Å². The van der Waals surface area contributed by atoms with Crippen molar-refractivity contribution < 1.29 is 14.3 Å². The summed E-state index contributed by atoms with van der Waals surface area (Å²) in [5, 5.41) is 2.38. The number of ether oxygens (including phenoxy) is 2. The molecule has 5 heteroatoms. The zero-order valence-electron chi connectivity index (χ0n) is 9.45. The lowest BCUT2D eigenvalue weighted by Crippen LogP contribution is -2.37. The molecule has 0 aromatic carbocycles. The van der Waals surface area contributed by atoms with Crippen molar-refractivity contribution in [3.05, 3.63) is 12.2 Å². The Bertz CT molecular complexity index is 245. The molecule has 0 bridgehead atoms. The molecular weight excluding hydrogens is 230 g/mol. The smallest absolute Gasteiger partial charge is 0.407 e. The summed E-state index contributed by atoms with van der Waals surface area (Å²) in [5.41, 5.74) is 0. The van der Waals surface area contributed by atoms with E-state index < -0.39 is 6.09 Å². The number of amides is 1. The second-order valence-corrected chi connectivity index (χ2v) is 4.22. The zero-order chi connectivity index (χ0) is 11.8. The highest BCUT2D eigenvalue weighted by Gasteiger charge is 2.28. The normalized spacial score (nSPS) is 22.1. The van der Waals surface area contributed by atoms with Crippen LogP contribution in [0.25, 0.3) is 0 Å². The second-order valence-electron chi connectivity index (χ2n) is 3.66. The zero-order valence-corrected chi connectivity index (χ0v) is 10.2. The third kappa shape index (κ3) is 4.86. The number of alkyl halides is 1. The maximum atomic E-state index is 10.8. The molecule has 1 heterocycles. The van der Waals surface area contributed by atoms with Gasteiger partial charge in [0.1, 0.15) is 6.61 Å². The van der Waals surface area contributed by atoms with Gasteiger partial charge in [0.05, 0.1) is 24.6 Å². The van der Waals surface area contributed by atoms with Crippen molar-refractivity contribution in [2.45, 2.75) is 31.2 Å². The molecule has 1 fully saturated rings. The van der Waals surface area contributed by atoms with E-state index in [0.717, 1.165) is 12.8 Å². The minimum absolute atomic E-state index is 0.145. The number of alkyl carbamates (subject to hydrolysis) is 1. The summed E-state index contributed by atoms with van der Waals surface area (Å²) in [5.74, 6) is 0. The van der Waals surface area contributed by atoms with Crippen LogP contribution in [0.15, 0.2) is 12.2 Å². The number of halogens is 1. The molecule has 1 rings (SSSR count). The fourth-order valence-electron chi connectivity index (χ4n) is 1.31. The molecule has 1 unspecified atom stereocenters. The molecule has 1 saturated heterocycles. The number of nitrogens with one attached hydrogen (secondary N) is 1. The monoisotopic (exact) mass is 247 g/mol. The molecule has 0 aromatic rings. The van der Waals surface area contributed by atoms with E-state index in [9.17, 15) is 4.79 Å². The molecule has 0 radical (unpaired) electrons. The van der Waals surface area contributed by atoms with E-state index in [-0.39, 0.29) is 11.4 Å². The number of carbonyl (C=O) groups excluding carboxylic acids is 1. The summed E-state index contributed by atoms with van der Waals surface area (Å²) in [4.78, 5) is 10.8. The second kappa shape index (κ2) is 7.52. The van der Waals surface area contributed by atoms with Crippen molar-refractivity contribution in [3.63, 3.8) is 0 Å². The van der Waals surface area contributed by atoms with E-state index in [1.807, 2.05) is 6.08 Å². The van der Waals surface area contributed by atoms with E-state index >= 15 is 0 Å². The van der Waals surface area contributed by atoms with Gasteiger partial charge < -0.3 is 14.8 Å². The van der Waals surface area contributed by atoms with Gasteiger partial charge in [0.2, 0.25) is 0 Å². The first-order valence-corrected chi connectivity index (χ1v) is 5.97.